The molecule has 0 aromatic heterocycles. The van der Waals surface area contributed by atoms with Gasteiger partial charge in [-0.25, -0.2) is 4.79 Å². The van der Waals surface area contributed by atoms with Crippen LogP contribution in [-0.2, 0) is 6.54 Å². The molecule has 0 bridgehead atoms. The Bertz CT molecular complexity index is 691. The molecule has 28 heavy (non-hydrogen) atoms. The van der Waals surface area contributed by atoms with E-state index in [0.717, 1.165) is 62.0 Å². The molecule has 0 aliphatic carbocycles. The highest BCUT2D eigenvalue weighted by molar-refractivity contribution is 14.0. The van der Waals surface area contributed by atoms with Gasteiger partial charge in [-0.1, -0.05) is 12.1 Å². The largest absolute Gasteiger partial charge is 0.352 e. The van der Waals surface area contributed by atoms with E-state index >= 15 is 0 Å². The molecule has 1 aromatic carbocycles. The van der Waals surface area contributed by atoms with E-state index in [1.807, 2.05) is 41.9 Å². The number of benzene rings is 1. The third kappa shape index (κ3) is 6.43. The average Bonchev–Trinajstić information content (AvgIpc) is 3.17. The Kier molecular flexibility index (Phi) is 8.73. The Morgan fingerprint density at radius 3 is 2.64 bits per heavy atom. The van der Waals surface area contributed by atoms with Crippen LogP contribution in [0, 0.1) is 0 Å². The number of thioether (sulfide) groups is 1. The lowest BCUT2D eigenvalue weighted by atomic mass is 10.2. The smallest absolute Gasteiger partial charge is 0.321 e. The molecule has 2 fully saturated rings. The van der Waals surface area contributed by atoms with E-state index in [1.54, 1.807) is 0 Å². The predicted molar refractivity (Wildman–Crippen MR) is 130 cm³/mol. The summed E-state index contributed by atoms with van der Waals surface area (Å²) in [6.45, 7) is 8.96. The zero-order valence-corrected chi connectivity index (χ0v) is 20.2. The summed E-state index contributed by atoms with van der Waals surface area (Å²) in [4.78, 5) is 20.9. The van der Waals surface area contributed by atoms with Crippen LogP contribution >= 0.6 is 35.7 Å². The van der Waals surface area contributed by atoms with Crippen LogP contribution in [0.3, 0.4) is 0 Å². The average molecular weight is 517 g/mol. The maximum Gasteiger partial charge on any atom is 0.321 e. The van der Waals surface area contributed by atoms with Gasteiger partial charge in [0.1, 0.15) is 0 Å². The van der Waals surface area contributed by atoms with Crippen LogP contribution in [-0.4, -0.2) is 65.5 Å². The Balaban J connectivity index is 0.00000280. The van der Waals surface area contributed by atoms with Crippen LogP contribution < -0.4 is 10.6 Å². The van der Waals surface area contributed by atoms with Crippen molar-refractivity contribution in [1.82, 2.24) is 15.1 Å². The van der Waals surface area contributed by atoms with Gasteiger partial charge in [0.25, 0.3) is 0 Å². The summed E-state index contributed by atoms with van der Waals surface area (Å²) in [5.41, 5.74) is 1.97. The van der Waals surface area contributed by atoms with Crippen molar-refractivity contribution >= 4 is 53.4 Å². The summed E-state index contributed by atoms with van der Waals surface area (Å²) < 4.78 is 0.246. The van der Waals surface area contributed by atoms with Crippen LogP contribution in [0.25, 0.3) is 0 Å². The van der Waals surface area contributed by atoms with Gasteiger partial charge < -0.3 is 20.4 Å². The summed E-state index contributed by atoms with van der Waals surface area (Å²) in [7, 11) is 1.84. The van der Waals surface area contributed by atoms with Gasteiger partial charge in [0, 0.05) is 56.0 Å². The lowest BCUT2D eigenvalue weighted by Gasteiger charge is -2.39. The number of anilines is 1. The molecule has 2 saturated heterocycles. The Morgan fingerprint density at radius 2 is 1.96 bits per heavy atom. The molecule has 2 aliphatic rings. The van der Waals surface area contributed by atoms with Crippen LogP contribution in [0.2, 0.25) is 0 Å². The van der Waals surface area contributed by atoms with Crippen molar-refractivity contribution in [3.8, 4) is 0 Å². The normalized spacial score (nSPS) is 19.2. The van der Waals surface area contributed by atoms with Crippen molar-refractivity contribution in [2.75, 3.05) is 44.3 Å². The van der Waals surface area contributed by atoms with Gasteiger partial charge in [-0.2, -0.15) is 11.8 Å². The van der Waals surface area contributed by atoms with Gasteiger partial charge in [-0.15, -0.1) is 24.0 Å². The zero-order valence-electron chi connectivity index (χ0n) is 17.0. The van der Waals surface area contributed by atoms with Crippen molar-refractivity contribution in [3.63, 3.8) is 0 Å². The van der Waals surface area contributed by atoms with Gasteiger partial charge in [0.05, 0.1) is 0 Å². The third-order valence-corrected chi connectivity index (χ3v) is 6.26. The van der Waals surface area contributed by atoms with Gasteiger partial charge in [-0.3, -0.25) is 4.99 Å². The Labute approximate surface area is 189 Å². The predicted octanol–water partition coefficient (Wildman–Crippen LogP) is 3.84. The SMILES string of the molecule is CN=C(NCc1cccc(NC(=O)N2CCCC2)c1)N1CCSC(C)(C)C1.I. The minimum absolute atomic E-state index is 0. The molecular formula is C20H32IN5OS. The molecular weight excluding hydrogens is 485 g/mol. The second kappa shape index (κ2) is 10.6. The molecule has 0 spiro atoms. The van der Waals surface area contributed by atoms with E-state index in [9.17, 15) is 4.79 Å². The second-order valence-electron chi connectivity index (χ2n) is 7.76. The number of urea groups is 1. The first-order chi connectivity index (χ1) is 13.0. The summed E-state index contributed by atoms with van der Waals surface area (Å²) in [6.07, 6.45) is 2.20. The number of likely N-dealkylation sites (tertiary alicyclic amines) is 1. The molecule has 1 aromatic rings. The summed E-state index contributed by atoms with van der Waals surface area (Å²) in [5.74, 6) is 2.06. The highest BCUT2D eigenvalue weighted by Gasteiger charge is 2.28. The van der Waals surface area contributed by atoms with Crippen molar-refractivity contribution in [1.29, 1.82) is 0 Å². The molecule has 0 radical (unpaired) electrons. The van der Waals surface area contributed by atoms with E-state index in [1.165, 1.54) is 0 Å². The number of hydrogen-bond acceptors (Lipinski definition) is 3. The van der Waals surface area contributed by atoms with Crippen LogP contribution in [0.4, 0.5) is 10.5 Å². The highest BCUT2D eigenvalue weighted by atomic mass is 127. The maximum absolute atomic E-state index is 12.3. The summed E-state index contributed by atoms with van der Waals surface area (Å²) in [5, 5.41) is 6.49. The first-order valence-electron chi connectivity index (χ1n) is 9.71. The van der Waals surface area contributed by atoms with E-state index < -0.39 is 0 Å². The molecule has 0 atom stereocenters. The molecule has 156 valence electrons. The van der Waals surface area contributed by atoms with Gasteiger partial charge in [-0.05, 0) is 44.4 Å². The van der Waals surface area contributed by atoms with E-state index in [2.05, 4.69) is 40.4 Å². The first-order valence-corrected chi connectivity index (χ1v) is 10.7. The summed E-state index contributed by atoms with van der Waals surface area (Å²) in [6, 6.07) is 8.03. The number of halogens is 1. The number of nitrogens with one attached hydrogen (secondary N) is 2. The number of hydrogen-bond donors (Lipinski definition) is 2. The molecule has 2 heterocycles. The molecule has 2 N–H and O–H groups in total. The third-order valence-electron chi connectivity index (χ3n) is 4.96. The monoisotopic (exact) mass is 517 g/mol. The number of carbonyl (C=O) groups is 1. The highest BCUT2D eigenvalue weighted by Crippen LogP contribution is 2.29. The molecule has 8 heteroatoms. The fourth-order valence-corrected chi connectivity index (χ4v) is 4.70. The van der Waals surface area contributed by atoms with Crippen molar-refractivity contribution in [3.05, 3.63) is 29.8 Å². The number of guanidine groups is 1. The van der Waals surface area contributed by atoms with Crippen LogP contribution in [0.5, 0.6) is 0 Å². The van der Waals surface area contributed by atoms with Gasteiger partial charge in [0.2, 0.25) is 0 Å². The van der Waals surface area contributed by atoms with Gasteiger partial charge >= 0.3 is 6.03 Å². The minimum Gasteiger partial charge on any atom is -0.352 e. The topological polar surface area (TPSA) is 60.0 Å². The lowest BCUT2D eigenvalue weighted by Crippen LogP contribution is -2.50. The fourth-order valence-electron chi connectivity index (χ4n) is 3.59. The molecule has 0 unspecified atom stereocenters. The standard InChI is InChI=1S/C20H31N5OS.HI/c1-20(2)15-25(11-12-27-20)18(21-3)22-14-16-7-6-8-17(13-16)23-19(26)24-9-4-5-10-24;/h6-8,13H,4-5,9-12,14-15H2,1-3H3,(H,21,22)(H,23,26);1H. The van der Waals surface area contributed by atoms with Gasteiger partial charge in [0.15, 0.2) is 5.96 Å². The molecule has 2 amide bonds. The first kappa shape index (κ1) is 23.1. The summed E-state index contributed by atoms with van der Waals surface area (Å²) >= 11 is 2.02. The van der Waals surface area contributed by atoms with E-state index in [4.69, 9.17) is 0 Å². The number of rotatable bonds is 3. The van der Waals surface area contributed by atoms with E-state index in [-0.39, 0.29) is 34.8 Å². The number of carbonyl (C=O) groups excluding carboxylic acids is 1. The fraction of sp³-hybridized carbons (Fsp3) is 0.600. The van der Waals surface area contributed by atoms with Crippen LogP contribution in [0.1, 0.15) is 32.3 Å². The molecule has 0 saturated carbocycles. The quantitative estimate of drug-likeness (QED) is 0.364. The molecule has 2 aliphatic heterocycles. The van der Waals surface area contributed by atoms with Crippen molar-refractivity contribution in [2.24, 2.45) is 4.99 Å². The molecule has 3 rings (SSSR count). The maximum atomic E-state index is 12.3. The molecule has 6 nitrogen and oxygen atoms in total. The lowest BCUT2D eigenvalue weighted by molar-refractivity contribution is 0.222. The Hall–Kier alpha value is -1.16. The van der Waals surface area contributed by atoms with Crippen molar-refractivity contribution < 1.29 is 4.79 Å². The number of nitrogens with zero attached hydrogens (tertiary/aromatic N) is 3. The van der Waals surface area contributed by atoms with Crippen molar-refractivity contribution in [2.45, 2.75) is 38.0 Å². The Morgan fingerprint density at radius 1 is 1.21 bits per heavy atom. The second-order valence-corrected chi connectivity index (χ2v) is 9.56. The minimum atomic E-state index is 0. The number of amides is 2. The van der Waals surface area contributed by atoms with Crippen LogP contribution in [0.15, 0.2) is 29.3 Å². The zero-order chi connectivity index (χ0) is 19.3. The number of aliphatic imine (C=N–C) groups is 1. The van der Waals surface area contributed by atoms with E-state index in [0.29, 0.717) is 6.54 Å².